The Morgan fingerprint density at radius 3 is 2.37 bits per heavy atom. The molecule has 0 saturated carbocycles. The molecule has 2 atom stereocenters. The Morgan fingerprint density at radius 1 is 1.16 bits per heavy atom. The van der Waals surface area contributed by atoms with Gasteiger partial charge in [-0.1, -0.05) is 41.9 Å². The van der Waals surface area contributed by atoms with E-state index in [4.69, 9.17) is 17.3 Å². The number of halogens is 2. The van der Waals surface area contributed by atoms with Gasteiger partial charge in [-0.25, -0.2) is 0 Å². The maximum absolute atomic E-state index is 6.09. The van der Waals surface area contributed by atoms with E-state index in [1.54, 1.807) is 6.20 Å². The average Bonchev–Trinajstić information content (AvgIpc) is 2.38. The van der Waals surface area contributed by atoms with Crippen molar-refractivity contribution in [2.24, 2.45) is 5.73 Å². The van der Waals surface area contributed by atoms with Gasteiger partial charge in [0.2, 0.25) is 0 Å². The smallest absolute Gasteiger partial charge is 0.0589 e. The first-order valence-corrected chi connectivity index (χ1v) is 6.45. The van der Waals surface area contributed by atoms with Crippen LogP contribution in [0.25, 0.3) is 0 Å². The van der Waals surface area contributed by atoms with Crippen LogP contribution in [-0.2, 0) is 6.42 Å². The van der Waals surface area contributed by atoms with Crippen molar-refractivity contribution in [1.29, 1.82) is 0 Å². The Kier molecular flexibility index (Phi) is 6.29. The monoisotopic (exact) mass is 296 g/mol. The second-order valence-corrected chi connectivity index (χ2v) is 4.98. The van der Waals surface area contributed by atoms with Gasteiger partial charge in [-0.05, 0) is 31.0 Å². The molecule has 2 rings (SSSR count). The third-order valence-electron chi connectivity index (χ3n) is 3.08. The third kappa shape index (κ3) is 4.50. The predicted molar refractivity (Wildman–Crippen MR) is 83.0 cm³/mol. The number of nitrogens with two attached hydrogens (primary N) is 1. The van der Waals surface area contributed by atoms with Crippen LogP contribution in [0, 0.1) is 0 Å². The van der Waals surface area contributed by atoms with Crippen molar-refractivity contribution >= 4 is 24.0 Å². The van der Waals surface area contributed by atoms with Crippen molar-refractivity contribution < 1.29 is 0 Å². The van der Waals surface area contributed by atoms with Crippen LogP contribution in [0.1, 0.15) is 24.1 Å². The van der Waals surface area contributed by atoms with Crippen LogP contribution in [0.15, 0.2) is 48.7 Å². The molecule has 2 aromatic rings. The fraction of sp³-hybridized carbons (Fsp3) is 0.267. The Morgan fingerprint density at radius 2 is 1.84 bits per heavy atom. The summed E-state index contributed by atoms with van der Waals surface area (Å²) < 4.78 is 0. The Bertz CT molecular complexity index is 483. The molecule has 4 heteroatoms. The number of benzene rings is 1. The lowest BCUT2D eigenvalue weighted by Crippen LogP contribution is -2.26. The van der Waals surface area contributed by atoms with Crippen molar-refractivity contribution in [2.45, 2.75) is 25.3 Å². The van der Waals surface area contributed by atoms with Gasteiger partial charge in [0.05, 0.1) is 5.02 Å². The normalized spacial score (nSPS) is 13.4. The maximum atomic E-state index is 6.09. The van der Waals surface area contributed by atoms with Crippen LogP contribution in [0.4, 0.5) is 0 Å². The molecule has 0 aliphatic carbocycles. The van der Waals surface area contributed by atoms with Crippen LogP contribution >= 0.6 is 24.0 Å². The van der Waals surface area contributed by atoms with Crippen molar-refractivity contribution in [2.75, 3.05) is 0 Å². The SMILES string of the molecule is C[C@H](N)[C@@H](Cc1ccc(Cl)cn1)c1ccccc1.Cl. The molecule has 1 heterocycles. The van der Waals surface area contributed by atoms with E-state index in [1.807, 2.05) is 37.3 Å². The van der Waals surface area contributed by atoms with Crippen molar-refractivity contribution in [3.05, 3.63) is 64.9 Å². The molecular formula is C15H18Cl2N2. The summed E-state index contributed by atoms with van der Waals surface area (Å²) in [6.45, 7) is 2.04. The predicted octanol–water partition coefficient (Wildman–Crippen LogP) is 3.83. The van der Waals surface area contributed by atoms with Crippen LogP contribution < -0.4 is 5.73 Å². The van der Waals surface area contributed by atoms with E-state index in [9.17, 15) is 0 Å². The van der Waals surface area contributed by atoms with Crippen LogP contribution in [0.5, 0.6) is 0 Å². The van der Waals surface area contributed by atoms with Gasteiger partial charge in [-0.15, -0.1) is 12.4 Å². The van der Waals surface area contributed by atoms with E-state index in [-0.39, 0.29) is 24.4 Å². The van der Waals surface area contributed by atoms with Gasteiger partial charge in [0.1, 0.15) is 0 Å². The van der Waals surface area contributed by atoms with E-state index in [2.05, 4.69) is 17.1 Å². The van der Waals surface area contributed by atoms with Gasteiger partial charge in [0.15, 0.2) is 0 Å². The zero-order valence-electron chi connectivity index (χ0n) is 10.8. The molecule has 0 bridgehead atoms. The highest BCUT2D eigenvalue weighted by molar-refractivity contribution is 6.30. The fourth-order valence-electron chi connectivity index (χ4n) is 2.06. The molecule has 2 nitrogen and oxygen atoms in total. The van der Waals surface area contributed by atoms with Gasteiger partial charge in [0, 0.05) is 23.9 Å². The Balaban J connectivity index is 0.00000180. The van der Waals surface area contributed by atoms with Gasteiger partial charge in [0.25, 0.3) is 0 Å². The first kappa shape index (κ1) is 16.0. The molecular weight excluding hydrogens is 279 g/mol. The van der Waals surface area contributed by atoms with Crippen molar-refractivity contribution in [3.63, 3.8) is 0 Å². The first-order chi connectivity index (χ1) is 8.66. The van der Waals surface area contributed by atoms with Gasteiger partial charge >= 0.3 is 0 Å². The topological polar surface area (TPSA) is 38.9 Å². The van der Waals surface area contributed by atoms with Crippen molar-refractivity contribution in [1.82, 2.24) is 4.98 Å². The minimum atomic E-state index is 0. The first-order valence-electron chi connectivity index (χ1n) is 6.08. The molecule has 0 fully saturated rings. The van der Waals surface area contributed by atoms with Gasteiger partial charge in [-0.2, -0.15) is 0 Å². The molecule has 0 aliphatic rings. The van der Waals surface area contributed by atoms with E-state index in [0.29, 0.717) is 5.02 Å². The summed E-state index contributed by atoms with van der Waals surface area (Å²) in [5, 5.41) is 0.663. The number of aromatic nitrogens is 1. The van der Waals surface area contributed by atoms with Crippen LogP contribution in [-0.4, -0.2) is 11.0 Å². The van der Waals surface area contributed by atoms with E-state index in [0.717, 1.165) is 12.1 Å². The fourth-order valence-corrected chi connectivity index (χ4v) is 2.17. The summed E-state index contributed by atoms with van der Waals surface area (Å²) in [6, 6.07) is 14.2. The molecule has 0 saturated heterocycles. The van der Waals surface area contributed by atoms with E-state index in [1.165, 1.54) is 5.56 Å². The summed E-state index contributed by atoms with van der Waals surface area (Å²) in [4.78, 5) is 4.34. The molecule has 102 valence electrons. The molecule has 1 aromatic heterocycles. The number of rotatable bonds is 4. The molecule has 0 spiro atoms. The van der Waals surface area contributed by atoms with Crippen molar-refractivity contribution in [3.8, 4) is 0 Å². The lowest BCUT2D eigenvalue weighted by Gasteiger charge is -2.21. The number of nitrogens with zero attached hydrogens (tertiary/aromatic N) is 1. The van der Waals surface area contributed by atoms with Gasteiger partial charge in [-0.3, -0.25) is 4.98 Å². The standard InChI is InChI=1S/C15H17ClN2.ClH/c1-11(17)15(12-5-3-2-4-6-12)9-14-8-7-13(16)10-18-14;/h2-8,10-11,15H,9,17H2,1H3;1H/t11-,15+;/m0./s1. The third-order valence-corrected chi connectivity index (χ3v) is 3.30. The number of hydrogen-bond acceptors (Lipinski definition) is 2. The average molecular weight is 297 g/mol. The second-order valence-electron chi connectivity index (χ2n) is 4.55. The lowest BCUT2D eigenvalue weighted by molar-refractivity contribution is 0.559. The summed E-state index contributed by atoms with van der Waals surface area (Å²) in [6.07, 6.45) is 2.51. The Hall–Kier alpha value is -1.09. The molecule has 0 unspecified atom stereocenters. The second kappa shape index (κ2) is 7.49. The highest BCUT2D eigenvalue weighted by Gasteiger charge is 2.17. The minimum Gasteiger partial charge on any atom is -0.327 e. The molecule has 2 N–H and O–H groups in total. The van der Waals surface area contributed by atoms with Crippen LogP contribution in [0.3, 0.4) is 0 Å². The Labute approximate surface area is 125 Å². The maximum Gasteiger partial charge on any atom is 0.0589 e. The van der Waals surface area contributed by atoms with Gasteiger partial charge < -0.3 is 5.73 Å². The van der Waals surface area contributed by atoms with Crippen LogP contribution in [0.2, 0.25) is 5.02 Å². The number of hydrogen-bond donors (Lipinski definition) is 1. The largest absolute Gasteiger partial charge is 0.327 e. The molecule has 19 heavy (non-hydrogen) atoms. The highest BCUT2D eigenvalue weighted by atomic mass is 35.5. The molecule has 0 amide bonds. The zero-order valence-corrected chi connectivity index (χ0v) is 12.4. The molecule has 0 aliphatic heterocycles. The van der Waals surface area contributed by atoms with E-state index < -0.39 is 0 Å². The zero-order chi connectivity index (χ0) is 13.0. The number of pyridine rings is 1. The quantitative estimate of drug-likeness (QED) is 0.931. The summed E-state index contributed by atoms with van der Waals surface area (Å²) in [7, 11) is 0. The molecule has 0 radical (unpaired) electrons. The lowest BCUT2D eigenvalue weighted by atomic mass is 9.88. The summed E-state index contributed by atoms with van der Waals surface area (Å²) in [5.74, 6) is 0.278. The molecule has 1 aromatic carbocycles. The van der Waals surface area contributed by atoms with E-state index >= 15 is 0 Å². The highest BCUT2D eigenvalue weighted by Crippen LogP contribution is 2.23. The summed E-state index contributed by atoms with van der Waals surface area (Å²) >= 11 is 5.84. The summed E-state index contributed by atoms with van der Waals surface area (Å²) in [5.41, 5.74) is 8.37. The minimum absolute atomic E-state index is 0.